The Labute approximate surface area is 128 Å². The van der Waals surface area contributed by atoms with Crippen molar-refractivity contribution in [1.29, 1.82) is 0 Å². The normalized spacial score (nSPS) is 30.3. The summed E-state index contributed by atoms with van der Waals surface area (Å²) in [5, 5.41) is 1.13. The Morgan fingerprint density at radius 3 is 2.62 bits per heavy atom. The van der Waals surface area contributed by atoms with Crippen molar-refractivity contribution in [2.75, 3.05) is 11.9 Å². The van der Waals surface area contributed by atoms with Gasteiger partial charge in [0.05, 0.1) is 5.39 Å². The molecule has 0 aromatic carbocycles. The van der Waals surface area contributed by atoms with E-state index in [1.807, 2.05) is 20.0 Å². The van der Waals surface area contributed by atoms with E-state index in [-0.39, 0.29) is 1.43 Å². The molecule has 0 saturated heterocycles. The molecule has 0 radical (unpaired) electrons. The van der Waals surface area contributed by atoms with Crippen molar-refractivity contribution in [2.24, 2.45) is 11.3 Å². The number of aromatic nitrogens is 3. The molecule has 2 aliphatic rings. The molecule has 4 rings (SSSR count). The van der Waals surface area contributed by atoms with Crippen LogP contribution in [0.5, 0.6) is 0 Å². The van der Waals surface area contributed by atoms with E-state index in [0.29, 0.717) is 11.5 Å². The van der Waals surface area contributed by atoms with Gasteiger partial charge in [-0.2, -0.15) is 0 Å². The third-order valence-corrected chi connectivity index (χ3v) is 5.11. The fraction of sp³-hybridized carbons (Fsp3) is 0.647. The first-order chi connectivity index (χ1) is 10.2. The molecular weight excluding hydrogens is 260 g/mol. The quantitative estimate of drug-likeness (QED) is 0.898. The van der Waals surface area contributed by atoms with Gasteiger partial charge in [-0.3, -0.25) is 0 Å². The second kappa shape index (κ2) is 5.32. The molecule has 1 spiro atoms. The molecule has 4 heteroatoms. The van der Waals surface area contributed by atoms with Crippen LogP contribution in [0.1, 0.15) is 47.9 Å². The molecule has 2 saturated carbocycles. The van der Waals surface area contributed by atoms with Gasteiger partial charge >= 0.3 is 0 Å². The molecule has 2 aliphatic carbocycles. The second-order valence-corrected chi connectivity index (χ2v) is 6.62. The zero-order valence-electron chi connectivity index (χ0n) is 13.6. The van der Waals surface area contributed by atoms with Gasteiger partial charge in [0.25, 0.3) is 0 Å². The van der Waals surface area contributed by atoms with Crippen LogP contribution in [0, 0.1) is 11.3 Å². The van der Waals surface area contributed by atoms with E-state index in [1.54, 1.807) is 6.33 Å². The van der Waals surface area contributed by atoms with E-state index in [4.69, 9.17) is 0 Å². The van der Waals surface area contributed by atoms with Crippen LogP contribution in [-0.4, -0.2) is 28.0 Å². The molecule has 1 N–H and O–H groups in total. The minimum atomic E-state index is 0. The molecular formula is C17H28N4. The van der Waals surface area contributed by atoms with E-state index in [1.165, 1.54) is 25.7 Å². The Morgan fingerprint density at radius 1 is 1.24 bits per heavy atom. The molecule has 0 amide bonds. The summed E-state index contributed by atoms with van der Waals surface area (Å²) in [6, 6.07) is 2.72. The highest BCUT2D eigenvalue weighted by Crippen LogP contribution is 2.59. The number of anilines is 1. The minimum absolute atomic E-state index is 0. The number of aromatic amines is 1. The Morgan fingerprint density at radius 2 is 1.95 bits per heavy atom. The molecule has 116 valence electrons. The lowest BCUT2D eigenvalue weighted by atomic mass is 9.50. The average Bonchev–Trinajstić information content (AvgIpc) is 2.91. The molecule has 2 aromatic heterocycles. The van der Waals surface area contributed by atoms with Crippen molar-refractivity contribution in [3.8, 4) is 0 Å². The van der Waals surface area contributed by atoms with Crippen molar-refractivity contribution in [2.45, 2.75) is 52.5 Å². The van der Waals surface area contributed by atoms with Crippen molar-refractivity contribution in [1.82, 2.24) is 15.0 Å². The highest BCUT2D eigenvalue weighted by Gasteiger charge is 2.52. The molecule has 0 bridgehead atoms. The van der Waals surface area contributed by atoms with Crippen LogP contribution < -0.4 is 4.90 Å². The Bertz CT molecular complexity index is 610. The van der Waals surface area contributed by atoms with Crippen LogP contribution >= 0.6 is 0 Å². The third kappa shape index (κ3) is 2.30. The summed E-state index contributed by atoms with van der Waals surface area (Å²) >= 11 is 0. The number of nitrogens with zero attached hydrogens (tertiary/aromatic N) is 3. The van der Waals surface area contributed by atoms with E-state index in [9.17, 15) is 0 Å². The van der Waals surface area contributed by atoms with Crippen LogP contribution in [0.15, 0.2) is 18.6 Å². The molecule has 21 heavy (non-hydrogen) atoms. The summed E-state index contributed by atoms with van der Waals surface area (Å²) in [4.78, 5) is 14.3. The maximum atomic E-state index is 4.48. The van der Waals surface area contributed by atoms with Gasteiger partial charge in [-0.25, -0.2) is 9.97 Å². The molecule has 4 nitrogen and oxygen atoms in total. The van der Waals surface area contributed by atoms with E-state index < -0.39 is 0 Å². The highest BCUT2D eigenvalue weighted by atomic mass is 15.2. The average molecular weight is 288 g/mol. The summed E-state index contributed by atoms with van der Waals surface area (Å²) < 4.78 is 0. The zero-order chi connectivity index (χ0) is 15.0. The highest BCUT2D eigenvalue weighted by molar-refractivity contribution is 5.87. The fourth-order valence-electron chi connectivity index (χ4n) is 4.28. The van der Waals surface area contributed by atoms with Crippen LogP contribution in [0.3, 0.4) is 0 Å². The van der Waals surface area contributed by atoms with Gasteiger partial charge in [-0.1, -0.05) is 20.8 Å². The lowest BCUT2D eigenvalue weighted by molar-refractivity contribution is -0.0326. The number of nitrogens with one attached hydrogen (secondary N) is 1. The zero-order valence-corrected chi connectivity index (χ0v) is 13.6. The second-order valence-electron chi connectivity index (χ2n) is 6.62. The SMILES string of the molecule is CC.CC1CC2(C1)CC(N(C)c1ncnc3[nH]ccc13)C2.[HH]. The van der Waals surface area contributed by atoms with Gasteiger partial charge in [-0.05, 0) is 43.1 Å². The number of H-pyrrole nitrogens is 1. The standard InChI is InChI=1S/C15H20N4.C2H6.H2/c1-10-5-15(6-10)7-11(8-15)19(2)14-12-3-4-16-13(12)17-9-18-14;1-2;/h3-4,9-11H,5-8H2,1-2H3,(H,16,17,18);1-2H3;1H. The van der Waals surface area contributed by atoms with Gasteiger partial charge in [0, 0.05) is 20.7 Å². The summed E-state index contributed by atoms with van der Waals surface area (Å²) in [7, 11) is 2.17. The fourth-order valence-corrected chi connectivity index (χ4v) is 4.28. The maximum absolute atomic E-state index is 4.48. The molecule has 0 atom stereocenters. The third-order valence-electron chi connectivity index (χ3n) is 5.11. The van der Waals surface area contributed by atoms with Gasteiger partial charge in [0.15, 0.2) is 0 Å². The van der Waals surface area contributed by atoms with E-state index >= 15 is 0 Å². The van der Waals surface area contributed by atoms with Gasteiger partial charge < -0.3 is 9.88 Å². The first kappa shape index (κ1) is 14.4. The number of hydrogen-bond donors (Lipinski definition) is 1. The van der Waals surface area contributed by atoms with Gasteiger partial charge in [0.2, 0.25) is 0 Å². The summed E-state index contributed by atoms with van der Waals surface area (Å²) in [5.74, 6) is 2.01. The molecule has 2 aromatic rings. The number of fused-ring (bicyclic) bond motifs is 1. The first-order valence-electron chi connectivity index (χ1n) is 8.18. The summed E-state index contributed by atoms with van der Waals surface area (Å²) in [6.07, 6.45) is 9.13. The largest absolute Gasteiger partial charge is 0.356 e. The molecule has 0 unspecified atom stereocenters. The Balaban J connectivity index is 0.000000566. The van der Waals surface area contributed by atoms with Crippen molar-refractivity contribution in [3.05, 3.63) is 18.6 Å². The monoisotopic (exact) mass is 288 g/mol. The van der Waals surface area contributed by atoms with Crippen LogP contribution in [-0.2, 0) is 0 Å². The lowest BCUT2D eigenvalue weighted by Gasteiger charge is -2.59. The van der Waals surface area contributed by atoms with Crippen molar-refractivity contribution in [3.63, 3.8) is 0 Å². The Hall–Kier alpha value is -1.58. The van der Waals surface area contributed by atoms with Crippen LogP contribution in [0.25, 0.3) is 11.0 Å². The number of rotatable bonds is 2. The Kier molecular flexibility index (Phi) is 3.64. The predicted molar refractivity (Wildman–Crippen MR) is 89.6 cm³/mol. The topological polar surface area (TPSA) is 44.8 Å². The maximum Gasteiger partial charge on any atom is 0.142 e. The predicted octanol–water partition coefficient (Wildman–Crippen LogP) is 4.25. The smallest absolute Gasteiger partial charge is 0.142 e. The van der Waals surface area contributed by atoms with Crippen LogP contribution in [0.2, 0.25) is 0 Å². The van der Waals surface area contributed by atoms with E-state index in [0.717, 1.165) is 22.8 Å². The van der Waals surface area contributed by atoms with Crippen molar-refractivity contribution < 1.29 is 1.43 Å². The minimum Gasteiger partial charge on any atom is -0.356 e. The number of hydrogen-bond acceptors (Lipinski definition) is 3. The van der Waals surface area contributed by atoms with Gasteiger partial charge in [0.1, 0.15) is 17.8 Å². The first-order valence-corrected chi connectivity index (χ1v) is 8.18. The summed E-state index contributed by atoms with van der Waals surface area (Å²) in [5.41, 5.74) is 1.62. The van der Waals surface area contributed by atoms with Crippen LogP contribution in [0.4, 0.5) is 5.82 Å². The van der Waals surface area contributed by atoms with Crippen molar-refractivity contribution >= 4 is 16.9 Å². The molecule has 0 aliphatic heterocycles. The summed E-state index contributed by atoms with van der Waals surface area (Å²) in [6.45, 7) is 6.37. The molecule has 2 fully saturated rings. The van der Waals surface area contributed by atoms with E-state index in [2.05, 4.69) is 39.9 Å². The lowest BCUT2D eigenvalue weighted by Crippen LogP contribution is -2.55. The van der Waals surface area contributed by atoms with Gasteiger partial charge in [-0.15, -0.1) is 0 Å². The molecule has 2 heterocycles.